The van der Waals surface area contributed by atoms with Crippen LogP contribution in [-0.2, 0) is 125 Å². The number of phenolic OH excluding ortho intramolecular Hbond substituents is 1. The van der Waals surface area contributed by atoms with Gasteiger partial charge in [-0.15, -0.1) is 0 Å². The number of aliphatic hydroxyl groups is 3. The lowest BCUT2D eigenvalue weighted by molar-refractivity contribution is -0.142. The van der Waals surface area contributed by atoms with Crippen molar-refractivity contribution in [2.45, 2.75) is 229 Å². The van der Waals surface area contributed by atoms with Crippen molar-refractivity contribution in [3.63, 3.8) is 0 Å². The molecule has 2 aromatic carbocycles. The summed E-state index contributed by atoms with van der Waals surface area (Å²) in [6, 6.07) is -12.1. The largest absolute Gasteiger partial charge is 0.508 e. The van der Waals surface area contributed by atoms with Gasteiger partial charge >= 0.3 is 0 Å². The standard InChI is InChI=1S/C90H142N26O26S2/c1-48(2)37-59-77(127)109-63(43-117)81(131)107-61(39-53-20-22-55(120)23-21-53)78(128)104-56(17-12-27-98-89(93)94)75(125)100-42-70(123)102-58(18-13-28-99-90(95)96)88(138)116-29-14-19-67(116)85(135)114-72(50(5)6)87(137)112-66(84(134)108-60(38-52-15-10-9-11-16-52)79(129)110-64(44-118)82(132)115-73(51(7)119)74(92)124)46-144-143-45-65(83(133)106-59)111-86(136)71(49(3)4)113-76(126)57(24-25-68(91)121)105-80(130)62(40-54-41-97-47-101-54)103-69(122)26-30-140-33-34-142-36-35-141-32-31-139-8/h9-11,15-16,20-23,41,47-51,56-67,71-73,117-120H,12-14,17-19,24-40,42-46H2,1-8H3,(H2,91,121)(H2,92,124)(H,97,101)(H,100,125)(H,102,123)(H,103,122)(H,104,128)(H,105,130)(H,106,133)(H,107,131)(H,108,134)(H,109,127)(H,110,129)(H,111,136)(H,112,137)(H,113,126)(H,114,135)(H,115,132)(H4,93,94,98)(H4,95,96,99)/t51-,56+,57+,58+,59+,60+,61+,62+,63+,64+,65+,66+,67+,71+,72+,73+/m1/s1. The summed E-state index contributed by atoms with van der Waals surface area (Å²) in [6.07, 6.45) is -1.64. The van der Waals surface area contributed by atoms with E-state index in [9.17, 15) is 78.0 Å². The number of aromatic nitrogens is 2. The fraction of sp³-hybridized carbons (Fsp3) is 0.611. The number of nitrogens with zero attached hydrogens (tertiary/aromatic N) is 2. The molecule has 1 aromatic heterocycles. The van der Waals surface area contributed by atoms with Gasteiger partial charge in [-0.1, -0.05) is 106 Å². The lowest BCUT2D eigenvalue weighted by Gasteiger charge is -2.31. The lowest BCUT2D eigenvalue weighted by Crippen LogP contribution is -2.62. The maximum absolute atomic E-state index is 15.5. The summed E-state index contributed by atoms with van der Waals surface area (Å²) >= 11 is 0. The molecular formula is C90H142N26O26S2. The van der Waals surface area contributed by atoms with Crippen LogP contribution in [0.25, 0.3) is 0 Å². The van der Waals surface area contributed by atoms with Crippen LogP contribution in [-0.4, -0.2) is 355 Å². The smallest absolute Gasteiger partial charge is 0.245 e. The number of rotatable bonds is 50. The Bertz CT molecular complexity index is 4720. The summed E-state index contributed by atoms with van der Waals surface area (Å²) < 4.78 is 21.4. The van der Waals surface area contributed by atoms with E-state index >= 15 is 28.8 Å². The van der Waals surface area contributed by atoms with Gasteiger partial charge in [0.1, 0.15) is 96.4 Å². The van der Waals surface area contributed by atoms with Crippen LogP contribution >= 0.6 is 21.6 Å². The molecule has 32 N–H and O–H groups in total. The third-order valence-corrected chi connectivity index (χ3v) is 24.8. The van der Waals surface area contributed by atoms with E-state index in [1.165, 1.54) is 76.5 Å². The van der Waals surface area contributed by atoms with Crippen LogP contribution in [0.15, 0.2) is 67.1 Å². The molecule has 0 unspecified atom stereocenters. The van der Waals surface area contributed by atoms with Crippen molar-refractivity contribution in [1.82, 2.24) is 105 Å². The monoisotopic (exact) mass is 2070 g/mol. The van der Waals surface area contributed by atoms with Gasteiger partial charge in [0.25, 0.3) is 0 Å². The molecule has 5 rings (SSSR count). The van der Waals surface area contributed by atoms with Crippen LogP contribution in [0.3, 0.4) is 0 Å². The SMILES string of the molecule is COCCOCCOCCOCCC(=O)N[C@@H](Cc1cnc[nH]1)C(=O)N[C@@H](CCC(N)=O)C(=O)N[C@H](C(=O)N[C@H]1CSSC[C@@H](C(=O)N[C@@H](Cc2ccccc2)C(=O)N[C@@H](CO)C(=O)N[C@H](C(N)=O)[C@@H](C)O)NC(=O)[C@H](C(C)C)NC(=O)[C@@H]2CCCN2C(=O)[C@H](CCCNC(=N)N)NC(=O)CNC(=O)[C@H](CCCNC(=N)N)NC(=O)[C@H](Cc2ccc(O)cc2)NC(=O)[C@H](CO)NC(=O)[C@H](CC(C)C)NC1=O)C(C)C. The van der Waals surface area contributed by atoms with Crippen LogP contribution in [0.2, 0.25) is 0 Å². The van der Waals surface area contributed by atoms with Gasteiger partial charge < -0.3 is 163 Å². The molecule has 3 heterocycles. The van der Waals surface area contributed by atoms with Crippen molar-refractivity contribution in [2.24, 2.45) is 40.7 Å². The molecule has 0 radical (unpaired) electrons. The molecule has 800 valence electrons. The Morgan fingerprint density at radius 2 is 1.12 bits per heavy atom. The van der Waals surface area contributed by atoms with Gasteiger partial charge in [0.05, 0.1) is 78.4 Å². The highest BCUT2D eigenvalue weighted by atomic mass is 33.1. The first-order valence-corrected chi connectivity index (χ1v) is 49.6. The second-order valence-electron chi connectivity index (χ2n) is 35.2. The van der Waals surface area contributed by atoms with Gasteiger partial charge in [-0.25, -0.2) is 4.98 Å². The Hall–Kier alpha value is -13.1. The lowest BCUT2D eigenvalue weighted by atomic mass is 10.0. The number of nitrogens with two attached hydrogens (primary N) is 4. The zero-order chi connectivity index (χ0) is 107. The summed E-state index contributed by atoms with van der Waals surface area (Å²) in [5, 5.41) is 101. The minimum atomic E-state index is -1.98. The normalized spacial score (nSPS) is 20.5. The highest BCUT2D eigenvalue weighted by molar-refractivity contribution is 8.76. The molecular weight excluding hydrogens is 1930 g/mol. The first-order valence-electron chi connectivity index (χ1n) is 47.1. The summed E-state index contributed by atoms with van der Waals surface area (Å²) in [4.78, 5) is 269. The third-order valence-electron chi connectivity index (χ3n) is 22.4. The van der Waals surface area contributed by atoms with Crippen LogP contribution in [0.1, 0.15) is 129 Å². The number of ether oxygens (including phenoxy) is 4. The average molecular weight is 2070 g/mol. The fourth-order valence-electron chi connectivity index (χ4n) is 14.6. The third kappa shape index (κ3) is 44.4. The molecule has 144 heavy (non-hydrogen) atoms. The number of H-pyrrole nitrogens is 1. The summed E-state index contributed by atoms with van der Waals surface area (Å²) in [5.74, 6) is -23.5. The predicted molar refractivity (Wildman–Crippen MR) is 524 cm³/mol. The molecule has 2 aliphatic rings. The van der Waals surface area contributed by atoms with Gasteiger partial charge in [0.15, 0.2) is 11.9 Å². The van der Waals surface area contributed by atoms with Gasteiger partial charge in [-0.3, -0.25) is 97.1 Å². The molecule has 52 nitrogen and oxygen atoms in total. The number of hydrogen-bond acceptors (Lipinski definition) is 31. The molecule has 0 aliphatic carbocycles. The molecule has 54 heteroatoms. The topological polar surface area (TPSA) is 813 Å². The maximum atomic E-state index is 15.5. The molecule has 0 spiro atoms. The highest BCUT2D eigenvalue weighted by Crippen LogP contribution is 2.26. The zero-order valence-electron chi connectivity index (χ0n) is 81.9. The second-order valence-corrected chi connectivity index (χ2v) is 37.8. The predicted octanol–water partition coefficient (Wildman–Crippen LogP) is -8.48. The zero-order valence-corrected chi connectivity index (χ0v) is 83.5. The van der Waals surface area contributed by atoms with Crippen molar-refractivity contribution >= 4 is 140 Å². The van der Waals surface area contributed by atoms with Crippen molar-refractivity contribution in [3.05, 3.63) is 83.9 Å². The number of fused-ring (bicyclic) bond motifs is 1. The van der Waals surface area contributed by atoms with Crippen LogP contribution in [0.4, 0.5) is 0 Å². The molecule has 3 aromatic rings. The van der Waals surface area contributed by atoms with Crippen molar-refractivity contribution in [1.29, 1.82) is 10.8 Å². The Balaban J connectivity index is 1.68. The number of benzene rings is 2. The molecule has 2 saturated heterocycles. The number of amides is 18. The van der Waals surface area contributed by atoms with E-state index in [4.69, 9.17) is 52.7 Å². The van der Waals surface area contributed by atoms with Gasteiger partial charge in [0, 0.05) is 82.2 Å². The molecule has 0 bridgehead atoms. The van der Waals surface area contributed by atoms with E-state index in [0.29, 0.717) is 36.6 Å². The van der Waals surface area contributed by atoms with E-state index < -0.39 is 283 Å². The first kappa shape index (κ1) is 121. The van der Waals surface area contributed by atoms with Crippen LogP contribution in [0.5, 0.6) is 5.75 Å². The van der Waals surface area contributed by atoms with Crippen molar-refractivity contribution < 1.29 is 126 Å². The van der Waals surface area contributed by atoms with Gasteiger partial charge in [-0.05, 0) is 99.3 Å². The van der Waals surface area contributed by atoms with Crippen LogP contribution < -0.4 is 113 Å². The minimum absolute atomic E-state index is 0.00434. The number of nitrogens with one attached hydrogen (secondary N) is 20. The Kier molecular flexibility index (Phi) is 54.3. The van der Waals surface area contributed by atoms with Crippen LogP contribution in [0, 0.1) is 28.6 Å². The van der Waals surface area contributed by atoms with E-state index in [0.717, 1.165) is 28.5 Å². The number of imidazole rings is 1. The van der Waals surface area contributed by atoms with E-state index in [-0.39, 0.29) is 116 Å². The van der Waals surface area contributed by atoms with Crippen molar-refractivity contribution in [3.8, 4) is 5.75 Å². The molecule has 18 amide bonds. The van der Waals surface area contributed by atoms with E-state index in [2.05, 4.69) is 100 Å². The molecule has 16 atom stereocenters. The number of aliphatic hydroxyl groups excluding tert-OH is 3. The number of methoxy groups -OCH3 is 1. The highest BCUT2D eigenvalue weighted by Gasteiger charge is 2.43. The number of aromatic amines is 1. The average Bonchev–Trinajstić information content (AvgIpc) is 1.67. The fourth-order valence-corrected chi connectivity index (χ4v) is 17.0. The Morgan fingerprint density at radius 3 is 1.70 bits per heavy atom. The first-order chi connectivity index (χ1) is 68.4. The summed E-state index contributed by atoms with van der Waals surface area (Å²) in [7, 11) is 3.01. The second kappa shape index (κ2) is 64.5. The molecule has 2 fully saturated rings. The number of guanidine groups is 2. The Morgan fingerprint density at radius 1 is 0.562 bits per heavy atom. The number of carbonyl (C=O) groups is 18. The van der Waals surface area contributed by atoms with E-state index in [1.807, 2.05) is 0 Å². The van der Waals surface area contributed by atoms with E-state index in [1.54, 1.807) is 44.2 Å². The van der Waals surface area contributed by atoms with Gasteiger partial charge in [0.2, 0.25) is 106 Å². The van der Waals surface area contributed by atoms with Gasteiger partial charge in [-0.2, -0.15) is 0 Å². The summed E-state index contributed by atoms with van der Waals surface area (Å²) in [5.41, 5.74) is 23.2. The van der Waals surface area contributed by atoms with Crippen molar-refractivity contribution in [2.75, 3.05) is 104 Å². The number of aromatic hydroxyl groups is 1. The summed E-state index contributed by atoms with van der Waals surface area (Å²) in [6.45, 7) is 8.57. The molecule has 2 aliphatic heterocycles. The maximum Gasteiger partial charge on any atom is 0.245 e. The molecule has 0 saturated carbocycles. The number of carbonyl (C=O) groups excluding carboxylic acids is 18. The minimum Gasteiger partial charge on any atom is -0.508 e. The Labute approximate surface area is 840 Å². The number of primary amides is 2. The number of hydrogen-bond donors (Lipinski definition) is 28. The number of phenols is 1. The quantitative estimate of drug-likeness (QED) is 0.0108.